The van der Waals surface area contributed by atoms with Crippen molar-refractivity contribution in [1.29, 1.82) is 0 Å². The number of carbonyl (C=O) groups excluding carboxylic acids is 1. The lowest BCUT2D eigenvalue weighted by Gasteiger charge is -2.15. The van der Waals surface area contributed by atoms with Crippen LogP contribution >= 0.6 is 0 Å². The number of rotatable bonds is 1. The van der Waals surface area contributed by atoms with Gasteiger partial charge in [0.05, 0.1) is 6.42 Å². The van der Waals surface area contributed by atoms with Gasteiger partial charge in [-0.25, -0.2) is 0 Å². The Morgan fingerprint density at radius 2 is 2.18 bits per heavy atom. The third-order valence-corrected chi connectivity index (χ3v) is 1.47. The third-order valence-electron chi connectivity index (χ3n) is 1.47. The number of carbonyl (C=O) groups is 1. The first kappa shape index (κ1) is 7.79. The molecule has 0 unspecified atom stereocenters. The second-order valence-electron chi connectivity index (χ2n) is 2.34. The first-order chi connectivity index (χ1) is 5.24. The Kier molecular flexibility index (Phi) is 2.26. The number of hydrogen-bond acceptors (Lipinski definition) is 2. The van der Waals surface area contributed by atoms with Gasteiger partial charge in [0, 0.05) is 0 Å². The van der Waals surface area contributed by atoms with Crippen molar-refractivity contribution in [3.8, 4) is 0 Å². The summed E-state index contributed by atoms with van der Waals surface area (Å²) >= 11 is 0. The second kappa shape index (κ2) is 3.19. The first-order valence-corrected chi connectivity index (χ1v) is 3.45. The van der Waals surface area contributed by atoms with Gasteiger partial charge in [-0.3, -0.25) is 4.79 Å². The van der Waals surface area contributed by atoms with E-state index in [0.717, 1.165) is 5.57 Å². The smallest absolute Gasteiger partial charge is 0.311 e. The molecule has 1 aliphatic rings. The van der Waals surface area contributed by atoms with Gasteiger partial charge in [0.15, 0.2) is 0 Å². The summed E-state index contributed by atoms with van der Waals surface area (Å²) < 4.78 is 4.89. The average molecular weight is 150 g/mol. The van der Waals surface area contributed by atoms with Crippen molar-refractivity contribution in [2.45, 2.75) is 12.8 Å². The Bertz CT molecular complexity index is 236. The summed E-state index contributed by atoms with van der Waals surface area (Å²) in [6.07, 6.45) is 4.37. The van der Waals surface area contributed by atoms with Gasteiger partial charge >= 0.3 is 5.97 Å². The highest BCUT2D eigenvalue weighted by molar-refractivity contribution is 5.73. The molecule has 58 valence electrons. The van der Waals surface area contributed by atoms with E-state index in [1.54, 1.807) is 12.2 Å². The topological polar surface area (TPSA) is 26.3 Å². The molecule has 0 aromatic carbocycles. The summed E-state index contributed by atoms with van der Waals surface area (Å²) in [6, 6.07) is 0. The van der Waals surface area contributed by atoms with E-state index in [1.165, 1.54) is 0 Å². The third kappa shape index (κ3) is 1.80. The average Bonchev–Trinajstić information content (AvgIpc) is 1.98. The van der Waals surface area contributed by atoms with Crippen LogP contribution in [0.25, 0.3) is 0 Å². The largest absolute Gasteiger partial charge is 0.426 e. The van der Waals surface area contributed by atoms with E-state index in [4.69, 9.17) is 4.74 Å². The molecule has 0 aromatic heterocycles. The zero-order chi connectivity index (χ0) is 8.27. The minimum Gasteiger partial charge on any atom is -0.426 e. The molecular weight excluding hydrogens is 140 g/mol. The number of hydrogen-bond donors (Lipinski definition) is 0. The summed E-state index contributed by atoms with van der Waals surface area (Å²) in [6.45, 7) is 7.26. The molecule has 0 radical (unpaired) electrons. The van der Waals surface area contributed by atoms with Crippen molar-refractivity contribution in [3.05, 3.63) is 36.6 Å². The fourth-order valence-corrected chi connectivity index (χ4v) is 0.881. The van der Waals surface area contributed by atoms with Crippen LogP contribution in [-0.2, 0) is 9.53 Å². The molecule has 11 heavy (non-hydrogen) atoms. The van der Waals surface area contributed by atoms with Crippen molar-refractivity contribution in [2.24, 2.45) is 0 Å². The van der Waals surface area contributed by atoms with Crippen molar-refractivity contribution in [2.75, 3.05) is 0 Å². The molecule has 0 amide bonds. The van der Waals surface area contributed by atoms with E-state index >= 15 is 0 Å². The molecule has 0 bridgehead atoms. The number of allylic oxidation sites excluding steroid dienone is 3. The second-order valence-corrected chi connectivity index (χ2v) is 2.34. The molecule has 2 heteroatoms. The van der Waals surface area contributed by atoms with Crippen LogP contribution in [0.1, 0.15) is 12.8 Å². The normalized spacial score (nSPS) is 21.6. The van der Waals surface area contributed by atoms with Crippen LogP contribution in [0.5, 0.6) is 0 Å². The molecule has 0 atom stereocenters. The molecule has 0 aliphatic carbocycles. The maximum Gasteiger partial charge on any atom is 0.311 e. The van der Waals surface area contributed by atoms with Crippen LogP contribution < -0.4 is 0 Å². The molecule has 2 nitrogen and oxygen atoms in total. The molecule has 1 rings (SSSR count). The van der Waals surface area contributed by atoms with E-state index in [9.17, 15) is 4.79 Å². The van der Waals surface area contributed by atoms with E-state index in [-0.39, 0.29) is 5.97 Å². The fraction of sp³-hybridized carbons (Fsp3) is 0.222. The predicted octanol–water partition coefficient (Wildman–Crippen LogP) is 1.95. The van der Waals surface area contributed by atoms with Gasteiger partial charge in [0.25, 0.3) is 0 Å². The van der Waals surface area contributed by atoms with Gasteiger partial charge in [-0.1, -0.05) is 19.2 Å². The van der Waals surface area contributed by atoms with E-state index in [1.807, 2.05) is 0 Å². The van der Waals surface area contributed by atoms with Gasteiger partial charge in [-0.15, -0.1) is 0 Å². The maximum atomic E-state index is 10.8. The zero-order valence-corrected chi connectivity index (χ0v) is 6.30. The van der Waals surface area contributed by atoms with Gasteiger partial charge in [0.1, 0.15) is 5.76 Å². The molecule has 1 fully saturated rings. The lowest BCUT2D eigenvalue weighted by Crippen LogP contribution is -2.12. The number of cyclic esters (lactones) is 1. The highest BCUT2D eigenvalue weighted by Crippen LogP contribution is 2.21. The predicted molar refractivity (Wildman–Crippen MR) is 42.7 cm³/mol. The quantitative estimate of drug-likeness (QED) is 0.534. The summed E-state index contributed by atoms with van der Waals surface area (Å²) in [4.78, 5) is 10.8. The summed E-state index contributed by atoms with van der Waals surface area (Å²) in [5, 5.41) is 0. The molecule has 0 saturated carbocycles. The van der Waals surface area contributed by atoms with Gasteiger partial charge < -0.3 is 4.74 Å². The molecule has 0 N–H and O–H groups in total. The molecule has 1 heterocycles. The van der Waals surface area contributed by atoms with Crippen LogP contribution in [0.2, 0.25) is 0 Å². The maximum absolute atomic E-state index is 10.8. The Morgan fingerprint density at radius 3 is 2.82 bits per heavy atom. The summed E-state index contributed by atoms with van der Waals surface area (Å²) in [5.41, 5.74) is 0.865. The van der Waals surface area contributed by atoms with Crippen molar-refractivity contribution >= 4 is 5.97 Å². The van der Waals surface area contributed by atoms with E-state index in [2.05, 4.69) is 13.2 Å². The van der Waals surface area contributed by atoms with Crippen LogP contribution in [0, 0.1) is 0 Å². The lowest BCUT2D eigenvalue weighted by atomic mass is 10.1. The van der Waals surface area contributed by atoms with Crippen LogP contribution in [0.3, 0.4) is 0 Å². The summed E-state index contributed by atoms with van der Waals surface area (Å²) in [7, 11) is 0. The first-order valence-electron chi connectivity index (χ1n) is 3.45. The Hall–Kier alpha value is -1.31. The highest BCUT2D eigenvalue weighted by atomic mass is 16.5. The van der Waals surface area contributed by atoms with Crippen LogP contribution in [0.4, 0.5) is 0 Å². The Balaban J connectivity index is 2.76. The SMILES string of the molecule is C=C/C=C1/OC(=O)CCC1=C. The molecule has 1 aliphatic heterocycles. The molecule has 0 aromatic rings. The molecule has 1 saturated heterocycles. The van der Waals surface area contributed by atoms with Crippen molar-refractivity contribution < 1.29 is 9.53 Å². The lowest BCUT2D eigenvalue weighted by molar-refractivity contribution is -0.140. The van der Waals surface area contributed by atoms with E-state index in [0.29, 0.717) is 18.6 Å². The highest BCUT2D eigenvalue weighted by Gasteiger charge is 2.16. The molecular formula is C9H10O2. The number of ether oxygens (including phenoxy) is 1. The van der Waals surface area contributed by atoms with Gasteiger partial charge in [0.2, 0.25) is 0 Å². The fourth-order valence-electron chi connectivity index (χ4n) is 0.881. The summed E-state index contributed by atoms with van der Waals surface area (Å²) in [5.74, 6) is 0.363. The number of esters is 1. The minimum atomic E-state index is -0.189. The Labute approximate surface area is 65.9 Å². The monoisotopic (exact) mass is 150 g/mol. The van der Waals surface area contributed by atoms with Gasteiger partial charge in [-0.05, 0) is 18.1 Å². The standard InChI is InChI=1S/C9H10O2/c1-3-4-8-7(2)5-6-9(10)11-8/h3-4H,1-2,5-6H2/b8-4+. The Morgan fingerprint density at radius 1 is 1.45 bits per heavy atom. The minimum absolute atomic E-state index is 0.189. The molecule has 0 spiro atoms. The van der Waals surface area contributed by atoms with Crippen molar-refractivity contribution in [3.63, 3.8) is 0 Å². The van der Waals surface area contributed by atoms with Crippen LogP contribution in [-0.4, -0.2) is 5.97 Å². The van der Waals surface area contributed by atoms with Gasteiger partial charge in [-0.2, -0.15) is 0 Å². The zero-order valence-electron chi connectivity index (χ0n) is 6.30. The van der Waals surface area contributed by atoms with Crippen LogP contribution in [0.15, 0.2) is 36.6 Å². The van der Waals surface area contributed by atoms with E-state index < -0.39 is 0 Å². The van der Waals surface area contributed by atoms with Crippen molar-refractivity contribution in [1.82, 2.24) is 0 Å².